The van der Waals surface area contributed by atoms with Crippen molar-refractivity contribution < 1.29 is 4.39 Å². The third kappa shape index (κ3) is 0.986. The highest BCUT2D eigenvalue weighted by Crippen LogP contribution is 2.35. The van der Waals surface area contributed by atoms with Crippen LogP contribution in [-0.2, 0) is 0 Å². The van der Waals surface area contributed by atoms with E-state index in [1.807, 2.05) is 6.07 Å². The first-order valence-corrected chi connectivity index (χ1v) is 4.24. The first-order valence-electron chi connectivity index (χ1n) is 4.24. The van der Waals surface area contributed by atoms with E-state index in [1.165, 1.54) is 6.07 Å². The summed E-state index contributed by atoms with van der Waals surface area (Å²) >= 11 is 0. The van der Waals surface area contributed by atoms with Crippen LogP contribution in [0.4, 0.5) is 10.1 Å². The summed E-state index contributed by atoms with van der Waals surface area (Å²) in [6.07, 6.45) is 0. The third-order valence-corrected chi connectivity index (χ3v) is 2.64. The van der Waals surface area contributed by atoms with Gasteiger partial charge in [0.25, 0.3) is 0 Å². The zero-order valence-electron chi connectivity index (χ0n) is 7.26. The lowest BCUT2D eigenvalue weighted by atomic mass is 9.98. The van der Waals surface area contributed by atoms with Crippen LogP contribution in [0.3, 0.4) is 0 Å². The summed E-state index contributed by atoms with van der Waals surface area (Å²) in [5.74, 6) is 0.271. The van der Waals surface area contributed by atoms with Gasteiger partial charge in [0.1, 0.15) is 5.82 Å². The van der Waals surface area contributed by atoms with Crippen LogP contribution < -0.4 is 5.32 Å². The molecule has 1 aliphatic heterocycles. The maximum absolute atomic E-state index is 12.8. The lowest BCUT2D eigenvalue weighted by Gasteiger charge is -2.08. The van der Waals surface area contributed by atoms with Crippen LogP contribution in [0.25, 0.3) is 0 Å². The van der Waals surface area contributed by atoms with E-state index >= 15 is 0 Å². The molecule has 0 amide bonds. The van der Waals surface area contributed by atoms with E-state index in [4.69, 9.17) is 0 Å². The van der Waals surface area contributed by atoms with E-state index in [0.29, 0.717) is 12.0 Å². The van der Waals surface area contributed by atoms with Gasteiger partial charge in [-0.15, -0.1) is 0 Å². The van der Waals surface area contributed by atoms with Crippen LogP contribution in [-0.4, -0.2) is 6.04 Å². The van der Waals surface area contributed by atoms with Crippen molar-refractivity contribution in [1.82, 2.24) is 0 Å². The molecule has 12 heavy (non-hydrogen) atoms. The third-order valence-electron chi connectivity index (χ3n) is 2.64. The van der Waals surface area contributed by atoms with Crippen molar-refractivity contribution in [2.24, 2.45) is 0 Å². The van der Waals surface area contributed by atoms with E-state index in [0.717, 1.165) is 11.3 Å². The van der Waals surface area contributed by atoms with Gasteiger partial charge in [-0.25, -0.2) is 4.39 Å². The Hall–Kier alpha value is -1.05. The fraction of sp³-hybridized carbons (Fsp3) is 0.400. The minimum Gasteiger partial charge on any atom is -0.382 e. The van der Waals surface area contributed by atoms with Crippen LogP contribution in [0.2, 0.25) is 0 Å². The molecule has 0 saturated heterocycles. The smallest absolute Gasteiger partial charge is 0.123 e. The predicted octanol–water partition coefficient (Wildman–Crippen LogP) is 2.74. The van der Waals surface area contributed by atoms with Gasteiger partial charge in [-0.2, -0.15) is 0 Å². The molecule has 2 atom stereocenters. The molecule has 1 aromatic rings. The molecular formula is C10H12FN. The van der Waals surface area contributed by atoms with Gasteiger partial charge in [-0.3, -0.25) is 0 Å². The topological polar surface area (TPSA) is 12.0 Å². The second-order valence-electron chi connectivity index (χ2n) is 3.45. The number of benzene rings is 1. The quantitative estimate of drug-likeness (QED) is 0.623. The number of fused-ring (bicyclic) bond motifs is 1. The number of hydrogen-bond acceptors (Lipinski definition) is 1. The summed E-state index contributed by atoms with van der Waals surface area (Å²) < 4.78 is 12.8. The minimum absolute atomic E-state index is 0.142. The molecule has 2 rings (SSSR count). The second-order valence-corrected chi connectivity index (χ2v) is 3.45. The molecule has 0 aromatic heterocycles. The normalized spacial score (nSPS) is 26.6. The summed E-state index contributed by atoms with van der Waals surface area (Å²) in [6.45, 7) is 4.23. The summed E-state index contributed by atoms with van der Waals surface area (Å²) in [5, 5.41) is 3.31. The van der Waals surface area contributed by atoms with Gasteiger partial charge in [-0.05, 0) is 30.7 Å². The molecule has 0 aliphatic carbocycles. The van der Waals surface area contributed by atoms with Gasteiger partial charge < -0.3 is 5.32 Å². The summed E-state index contributed by atoms with van der Waals surface area (Å²) in [5.41, 5.74) is 2.18. The molecular weight excluding hydrogens is 153 g/mol. The predicted molar refractivity (Wildman–Crippen MR) is 47.9 cm³/mol. The fourth-order valence-electron chi connectivity index (χ4n) is 1.68. The molecule has 0 spiro atoms. The zero-order valence-corrected chi connectivity index (χ0v) is 7.26. The van der Waals surface area contributed by atoms with Crippen molar-refractivity contribution in [2.45, 2.75) is 25.8 Å². The largest absolute Gasteiger partial charge is 0.382 e. The van der Waals surface area contributed by atoms with Crippen LogP contribution in [0.15, 0.2) is 18.2 Å². The van der Waals surface area contributed by atoms with E-state index in [9.17, 15) is 4.39 Å². The van der Waals surface area contributed by atoms with Gasteiger partial charge >= 0.3 is 0 Å². The Morgan fingerprint density at radius 1 is 1.33 bits per heavy atom. The van der Waals surface area contributed by atoms with Crippen LogP contribution >= 0.6 is 0 Å². The molecule has 0 bridgehead atoms. The highest BCUT2D eigenvalue weighted by molar-refractivity contribution is 5.58. The highest BCUT2D eigenvalue weighted by atomic mass is 19.1. The monoisotopic (exact) mass is 165 g/mol. The molecule has 0 unspecified atom stereocenters. The average molecular weight is 165 g/mol. The molecule has 0 saturated carbocycles. The molecule has 1 aliphatic rings. The molecule has 2 heteroatoms. The maximum Gasteiger partial charge on any atom is 0.123 e. The van der Waals surface area contributed by atoms with Gasteiger partial charge in [-0.1, -0.05) is 6.92 Å². The number of rotatable bonds is 0. The van der Waals surface area contributed by atoms with Crippen molar-refractivity contribution in [3.8, 4) is 0 Å². The van der Waals surface area contributed by atoms with Crippen LogP contribution in [0, 0.1) is 5.82 Å². The van der Waals surface area contributed by atoms with Gasteiger partial charge in [0.05, 0.1) is 0 Å². The molecule has 1 N–H and O–H groups in total. The Kier molecular flexibility index (Phi) is 1.56. The lowest BCUT2D eigenvalue weighted by molar-refractivity contribution is 0.621. The second kappa shape index (κ2) is 2.47. The molecule has 64 valence electrons. The Balaban J connectivity index is 2.48. The maximum atomic E-state index is 12.8. The average Bonchev–Trinajstić information content (AvgIpc) is 2.31. The molecule has 1 aromatic carbocycles. The minimum atomic E-state index is -0.142. The van der Waals surface area contributed by atoms with E-state index in [1.54, 1.807) is 6.07 Å². The molecule has 0 fully saturated rings. The number of hydrogen-bond donors (Lipinski definition) is 1. The summed E-state index contributed by atoms with van der Waals surface area (Å²) in [6, 6.07) is 5.35. The SMILES string of the molecule is C[C@@H]1Nc2ccc(F)cc2[C@@H]1C. The van der Waals surface area contributed by atoms with Crippen LogP contribution in [0.1, 0.15) is 25.3 Å². The molecule has 1 heterocycles. The molecule has 1 nitrogen and oxygen atoms in total. The van der Waals surface area contributed by atoms with E-state index in [2.05, 4.69) is 19.2 Å². The van der Waals surface area contributed by atoms with Crippen molar-refractivity contribution in [3.63, 3.8) is 0 Å². The van der Waals surface area contributed by atoms with Gasteiger partial charge in [0.2, 0.25) is 0 Å². The van der Waals surface area contributed by atoms with Crippen LogP contribution in [0.5, 0.6) is 0 Å². The lowest BCUT2D eigenvalue weighted by Crippen LogP contribution is -2.12. The van der Waals surface area contributed by atoms with Crippen molar-refractivity contribution in [2.75, 3.05) is 5.32 Å². The Morgan fingerprint density at radius 2 is 2.08 bits per heavy atom. The van der Waals surface area contributed by atoms with Crippen molar-refractivity contribution in [3.05, 3.63) is 29.6 Å². The number of anilines is 1. The van der Waals surface area contributed by atoms with E-state index < -0.39 is 0 Å². The van der Waals surface area contributed by atoms with Gasteiger partial charge in [0.15, 0.2) is 0 Å². The Labute approximate surface area is 71.6 Å². The first kappa shape index (κ1) is 7.59. The Bertz CT molecular complexity index is 309. The number of halogens is 1. The fourth-order valence-corrected chi connectivity index (χ4v) is 1.68. The first-order chi connectivity index (χ1) is 5.68. The Morgan fingerprint density at radius 3 is 2.83 bits per heavy atom. The number of nitrogens with one attached hydrogen (secondary N) is 1. The van der Waals surface area contributed by atoms with Crippen molar-refractivity contribution in [1.29, 1.82) is 0 Å². The summed E-state index contributed by atoms with van der Waals surface area (Å²) in [4.78, 5) is 0. The van der Waals surface area contributed by atoms with E-state index in [-0.39, 0.29) is 5.82 Å². The highest BCUT2D eigenvalue weighted by Gasteiger charge is 2.24. The molecule has 0 radical (unpaired) electrons. The standard InChI is InChI=1S/C10H12FN/c1-6-7(2)12-10-4-3-8(11)5-9(6)10/h3-7,12H,1-2H3/t6-,7+/m1/s1. The van der Waals surface area contributed by atoms with Crippen molar-refractivity contribution >= 4 is 5.69 Å². The van der Waals surface area contributed by atoms with Gasteiger partial charge in [0, 0.05) is 17.6 Å². The zero-order chi connectivity index (χ0) is 8.72. The summed E-state index contributed by atoms with van der Waals surface area (Å²) in [7, 11) is 0.